The van der Waals surface area contributed by atoms with Gasteiger partial charge in [0.05, 0.1) is 6.61 Å². The minimum atomic E-state index is -2.07. The van der Waals surface area contributed by atoms with E-state index in [4.69, 9.17) is 9.15 Å². The highest BCUT2D eigenvalue weighted by molar-refractivity contribution is 7.95. The summed E-state index contributed by atoms with van der Waals surface area (Å²) in [5.41, 5.74) is 0.504. The van der Waals surface area contributed by atoms with Crippen LogP contribution in [0, 0.1) is 6.92 Å². The van der Waals surface area contributed by atoms with E-state index in [2.05, 4.69) is 72.8 Å². The minimum absolute atomic E-state index is 0. The lowest BCUT2D eigenvalue weighted by Gasteiger charge is -2.26. The molecule has 1 heterocycles. The molecule has 3 nitrogen and oxygen atoms in total. The average molecular weight is 465 g/mol. The Hall–Kier alpha value is -2.87. The highest BCUT2D eigenvalue weighted by Crippen LogP contribution is 2.58. The first-order valence-electron chi connectivity index (χ1n) is 10.5. The summed E-state index contributed by atoms with van der Waals surface area (Å²) in [5, 5.41) is 3.83. The fraction of sp³-hybridized carbons (Fsp3) is 0.148. The lowest BCUT2D eigenvalue weighted by Crippen LogP contribution is -3.00. The minimum Gasteiger partial charge on any atom is -1.00 e. The van der Waals surface area contributed by atoms with E-state index in [9.17, 15) is 4.79 Å². The van der Waals surface area contributed by atoms with Crippen molar-refractivity contribution < 1.29 is 26.4 Å². The smallest absolute Gasteiger partial charge is 0.341 e. The van der Waals surface area contributed by atoms with Gasteiger partial charge in [0.1, 0.15) is 46.4 Å². The summed E-state index contributed by atoms with van der Waals surface area (Å²) < 4.78 is 11.3. The Morgan fingerprint density at radius 2 is 1.25 bits per heavy atom. The van der Waals surface area contributed by atoms with E-state index in [1.54, 1.807) is 0 Å². The standard InChI is InChI=1S/C27H26O3P.ClH/c1-3-29-27(28)26-19-22(30-21(26)2)20-31(23-13-7-4-8-14-23,24-15-9-5-10-16-24)25-17-11-6-12-18-25;/h4-19H,3,20H2,1-2H3;1H/q+1;/p-1. The van der Waals surface area contributed by atoms with Gasteiger partial charge < -0.3 is 21.6 Å². The molecule has 4 aromatic rings. The number of hydrogen-bond donors (Lipinski definition) is 0. The van der Waals surface area contributed by atoms with Crippen LogP contribution in [0.2, 0.25) is 0 Å². The molecule has 0 saturated carbocycles. The molecule has 0 saturated heterocycles. The van der Waals surface area contributed by atoms with Gasteiger partial charge in [-0.1, -0.05) is 54.6 Å². The van der Waals surface area contributed by atoms with E-state index >= 15 is 0 Å². The second kappa shape index (κ2) is 10.6. The Kier molecular flexibility index (Phi) is 7.90. The summed E-state index contributed by atoms with van der Waals surface area (Å²) in [6.45, 7) is 3.97. The molecule has 4 rings (SSSR count). The maximum atomic E-state index is 12.4. The second-order valence-corrected chi connectivity index (χ2v) is 10.9. The van der Waals surface area contributed by atoms with Gasteiger partial charge >= 0.3 is 5.97 Å². The molecule has 0 aliphatic heterocycles. The summed E-state index contributed by atoms with van der Waals surface area (Å²) in [4.78, 5) is 12.4. The molecule has 164 valence electrons. The maximum absolute atomic E-state index is 12.4. The number of hydrogen-bond acceptors (Lipinski definition) is 3. The van der Waals surface area contributed by atoms with Crippen molar-refractivity contribution in [1.29, 1.82) is 0 Å². The third-order valence-corrected chi connectivity index (χ3v) is 9.77. The van der Waals surface area contributed by atoms with Gasteiger partial charge in [-0.25, -0.2) is 4.79 Å². The average Bonchev–Trinajstić information content (AvgIpc) is 3.19. The van der Waals surface area contributed by atoms with Crippen LogP contribution in [0.15, 0.2) is 101 Å². The lowest BCUT2D eigenvalue weighted by atomic mass is 10.2. The molecule has 0 bridgehead atoms. The zero-order valence-corrected chi connectivity index (χ0v) is 19.9. The highest BCUT2D eigenvalue weighted by Gasteiger charge is 2.46. The van der Waals surface area contributed by atoms with Crippen molar-refractivity contribution in [3.05, 3.63) is 114 Å². The normalized spacial score (nSPS) is 10.9. The molecule has 0 N–H and O–H groups in total. The topological polar surface area (TPSA) is 39.4 Å². The van der Waals surface area contributed by atoms with Gasteiger partial charge in [-0.2, -0.15) is 0 Å². The van der Waals surface area contributed by atoms with E-state index < -0.39 is 7.26 Å². The Morgan fingerprint density at radius 1 is 0.812 bits per heavy atom. The summed E-state index contributed by atoms with van der Waals surface area (Å²) in [6, 6.07) is 33.8. The molecule has 0 amide bonds. The molecule has 0 aliphatic carbocycles. The lowest BCUT2D eigenvalue weighted by molar-refractivity contribution is -0.0000255. The second-order valence-electron chi connectivity index (χ2n) is 7.38. The number of aryl methyl sites for hydroxylation is 1. The van der Waals surface area contributed by atoms with Crippen LogP contribution in [-0.4, -0.2) is 12.6 Å². The Morgan fingerprint density at radius 3 is 1.66 bits per heavy atom. The van der Waals surface area contributed by atoms with Gasteiger partial charge in [0.25, 0.3) is 0 Å². The molecule has 0 unspecified atom stereocenters. The predicted molar refractivity (Wildman–Crippen MR) is 128 cm³/mol. The van der Waals surface area contributed by atoms with Gasteiger partial charge in [-0.05, 0) is 56.3 Å². The van der Waals surface area contributed by atoms with Gasteiger partial charge in [-0.3, -0.25) is 0 Å². The highest BCUT2D eigenvalue weighted by atomic mass is 35.5. The first-order chi connectivity index (χ1) is 15.1. The summed E-state index contributed by atoms with van der Waals surface area (Å²) in [7, 11) is -2.07. The summed E-state index contributed by atoms with van der Waals surface area (Å²) in [6.07, 6.45) is 0.686. The molecule has 0 atom stereocenters. The van der Waals surface area contributed by atoms with Gasteiger partial charge in [0.15, 0.2) is 0 Å². The molecule has 1 aromatic heterocycles. The third-order valence-electron chi connectivity index (χ3n) is 5.45. The molecule has 0 fully saturated rings. The third kappa shape index (κ3) is 4.65. The SMILES string of the molecule is CCOC(=O)c1cc(C[P+](c2ccccc2)(c2ccccc2)c2ccccc2)oc1C.[Cl-]. The summed E-state index contributed by atoms with van der Waals surface area (Å²) in [5.74, 6) is 1.06. The number of ether oxygens (including phenoxy) is 1. The van der Waals surface area contributed by atoms with Gasteiger partial charge in [0.2, 0.25) is 0 Å². The first kappa shape index (κ1) is 23.8. The maximum Gasteiger partial charge on any atom is 0.341 e. The number of furan rings is 1. The van der Waals surface area contributed by atoms with E-state index in [1.165, 1.54) is 15.9 Å². The molecule has 0 aliphatic rings. The fourth-order valence-electron chi connectivity index (χ4n) is 4.04. The van der Waals surface area contributed by atoms with E-state index in [0.29, 0.717) is 24.1 Å². The fourth-order valence-corrected chi connectivity index (χ4v) is 8.14. The molecule has 5 heteroatoms. The molecule has 3 aromatic carbocycles. The van der Waals surface area contributed by atoms with Crippen molar-refractivity contribution in [2.75, 3.05) is 6.61 Å². The number of rotatable bonds is 7. The largest absolute Gasteiger partial charge is 1.00 e. The van der Waals surface area contributed by atoms with Crippen LogP contribution in [0.4, 0.5) is 0 Å². The van der Waals surface area contributed by atoms with Crippen molar-refractivity contribution in [2.24, 2.45) is 0 Å². The monoisotopic (exact) mass is 464 g/mol. The number of halogens is 1. The summed E-state index contributed by atoms with van der Waals surface area (Å²) >= 11 is 0. The quantitative estimate of drug-likeness (QED) is 0.311. The van der Waals surface area contributed by atoms with Crippen LogP contribution >= 0.6 is 7.26 Å². The van der Waals surface area contributed by atoms with Crippen LogP contribution in [0.3, 0.4) is 0 Å². The van der Waals surface area contributed by atoms with Crippen molar-refractivity contribution in [2.45, 2.75) is 20.0 Å². The number of benzene rings is 3. The van der Waals surface area contributed by atoms with E-state index in [0.717, 1.165) is 5.76 Å². The zero-order valence-electron chi connectivity index (χ0n) is 18.2. The first-order valence-corrected chi connectivity index (χ1v) is 12.4. The van der Waals surface area contributed by atoms with Crippen LogP contribution in [0.5, 0.6) is 0 Å². The van der Waals surface area contributed by atoms with Crippen LogP contribution in [0.25, 0.3) is 0 Å². The predicted octanol–water partition coefficient (Wildman–Crippen LogP) is 2.26. The Labute approximate surface area is 196 Å². The van der Waals surface area contributed by atoms with Crippen molar-refractivity contribution in [1.82, 2.24) is 0 Å². The Balaban J connectivity index is 0.00000289. The van der Waals surface area contributed by atoms with Crippen LogP contribution < -0.4 is 28.3 Å². The van der Waals surface area contributed by atoms with Crippen molar-refractivity contribution in [3.8, 4) is 0 Å². The molecular weight excluding hydrogens is 439 g/mol. The Bertz CT molecular complexity index is 1040. The van der Waals surface area contributed by atoms with Crippen LogP contribution in [0.1, 0.15) is 28.8 Å². The van der Waals surface area contributed by atoms with E-state index in [1.807, 2.05) is 38.1 Å². The molecule has 32 heavy (non-hydrogen) atoms. The zero-order chi connectivity index (χ0) is 21.7. The van der Waals surface area contributed by atoms with Gasteiger partial charge in [0, 0.05) is 0 Å². The molecule has 0 radical (unpaired) electrons. The molecule has 0 spiro atoms. The number of carbonyl (C=O) groups is 1. The van der Waals surface area contributed by atoms with Crippen molar-refractivity contribution >= 4 is 29.1 Å². The van der Waals surface area contributed by atoms with Crippen molar-refractivity contribution in [3.63, 3.8) is 0 Å². The van der Waals surface area contributed by atoms with Crippen LogP contribution in [-0.2, 0) is 10.9 Å². The molecular formula is C27H26ClO3P. The number of esters is 1. The van der Waals surface area contributed by atoms with E-state index in [-0.39, 0.29) is 18.4 Å². The number of carbonyl (C=O) groups excluding carboxylic acids is 1. The van der Waals surface area contributed by atoms with Gasteiger partial charge in [-0.15, -0.1) is 0 Å².